The second kappa shape index (κ2) is 9.94. The van der Waals surface area contributed by atoms with Crippen molar-refractivity contribution < 1.29 is 18.3 Å². The van der Waals surface area contributed by atoms with Gasteiger partial charge in [-0.05, 0) is 51.2 Å². The zero-order valence-electron chi connectivity index (χ0n) is 17.2. The third-order valence-electron chi connectivity index (χ3n) is 5.91. The van der Waals surface area contributed by atoms with Crippen molar-refractivity contribution in [3.05, 3.63) is 48.6 Å². The highest BCUT2D eigenvalue weighted by Gasteiger charge is 2.32. The summed E-state index contributed by atoms with van der Waals surface area (Å²) in [6.45, 7) is 1.69. The van der Waals surface area contributed by atoms with Crippen molar-refractivity contribution in [3.8, 4) is 0 Å². The number of benzene rings is 1. The standard InChI is InChI=1S/C22H29BN2O4S/c1-15(26)21(16-5-3-2-4-6-16)24-22(27)17-7-11-19(12-8-17)25-30(28,29)20-13-9-18(23)10-14-20/h2-5,9-10,13-17,19,21,25-26H,6-8,11-12H2,1H3,(H,24,27). The predicted octanol–water partition coefficient (Wildman–Crippen LogP) is 1.32. The SMILES string of the molecule is [B]c1ccc(S(=O)(=O)NC2CCC(C(=O)NC(C(C)O)C3C=CC=CC3)CC2)cc1. The van der Waals surface area contributed by atoms with Crippen LogP contribution in [0.25, 0.3) is 0 Å². The van der Waals surface area contributed by atoms with Crippen LogP contribution in [0.3, 0.4) is 0 Å². The highest BCUT2D eigenvalue weighted by Crippen LogP contribution is 2.27. The molecule has 1 saturated carbocycles. The molecule has 0 bridgehead atoms. The zero-order valence-corrected chi connectivity index (χ0v) is 18.0. The third-order valence-corrected chi connectivity index (χ3v) is 7.45. The molecule has 30 heavy (non-hydrogen) atoms. The molecular formula is C22H29BN2O4S. The number of carbonyl (C=O) groups excluding carboxylic acids is 1. The molecule has 0 heterocycles. The first-order valence-electron chi connectivity index (χ1n) is 10.5. The second-order valence-corrected chi connectivity index (χ2v) is 9.94. The van der Waals surface area contributed by atoms with Gasteiger partial charge >= 0.3 is 0 Å². The topological polar surface area (TPSA) is 95.5 Å². The summed E-state index contributed by atoms with van der Waals surface area (Å²) in [7, 11) is 2.01. The molecule has 0 saturated heterocycles. The van der Waals surface area contributed by atoms with Crippen LogP contribution in [-0.4, -0.2) is 45.5 Å². The Morgan fingerprint density at radius 1 is 1.13 bits per heavy atom. The van der Waals surface area contributed by atoms with Crippen molar-refractivity contribution in [1.82, 2.24) is 10.0 Å². The maximum absolute atomic E-state index is 12.8. The minimum Gasteiger partial charge on any atom is -0.391 e. The Labute approximate surface area is 180 Å². The lowest BCUT2D eigenvalue weighted by Gasteiger charge is -2.32. The van der Waals surface area contributed by atoms with Crippen LogP contribution in [0.5, 0.6) is 0 Å². The molecule has 3 rings (SSSR count). The zero-order chi connectivity index (χ0) is 21.7. The minimum absolute atomic E-state index is 0.0660. The van der Waals surface area contributed by atoms with E-state index in [0.29, 0.717) is 31.1 Å². The van der Waals surface area contributed by atoms with Crippen molar-refractivity contribution in [3.63, 3.8) is 0 Å². The van der Waals surface area contributed by atoms with Gasteiger partial charge in [-0.25, -0.2) is 13.1 Å². The molecule has 3 atom stereocenters. The van der Waals surface area contributed by atoms with E-state index in [-0.39, 0.29) is 34.7 Å². The van der Waals surface area contributed by atoms with E-state index in [1.807, 2.05) is 24.3 Å². The van der Waals surface area contributed by atoms with Gasteiger partial charge in [0.1, 0.15) is 7.85 Å². The maximum atomic E-state index is 12.8. The van der Waals surface area contributed by atoms with Crippen LogP contribution in [0.1, 0.15) is 39.0 Å². The highest BCUT2D eigenvalue weighted by molar-refractivity contribution is 7.89. The van der Waals surface area contributed by atoms with Crippen LogP contribution in [0.4, 0.5) is 0 Å². The minimum atomic E-state index is -3.61. The van der Waals surface area contributed by atoms with E-state index >= 15 is 0 Å². The van der Waals surface area contributed by atoms with E-state index in [1.54, 1.807) is 19.1 Å². The third kappa shape index (κ3) is 5.83. The fourth-order valence-corrected chi connectivity index (χ4v) is 5.45. The monoisotopic (exact) mass is 428 g/mol. The van der Waals surface area contributed by atoms with Gasteiger partial charge in [0.2, 0.25) is 15.9 Å². The Hall–Kier alpha value is -1.90. The van der Waals surface area contributed by atoms with Crippen LogP contribution in [0.15, 0.2) is 53.5 Å². The lowest BCUT2D eigenvalue weighted by molar-refractivity contribution is -0.128. The summed E-state index contributed by atoms with van der Waals surface area (Å²) < 4.78 is 27.8. The van der Waals surface area contributed by atoms with Crippen LogP contribution in [-0.2, 0) is 14.8 Å². The molecule has 160 valence electrons. The molecule has 1 aromatic rings. The molecule has 1 aromatic carbocycles. The largest absolute Gasteiger partial charge is 0.391 e. The number of hydrogen-bond donors (Lipinski definition) is 3. The average Bonchev–Trinajstić information content (AvgIpc) is 2.73. The number of aliphatic hydroxyl groups is 1. The van der Waals surface area contributed by atoms with Gasteiger partial charge in [-0.3, -0.25) is 4.79 Å². The quantitative estimate of drug-likeness (QED) is 0.571. The first kappa shape index (κ1) is 22.8. The van der Waals surface area contributed by atoms with Crippen LogP contribution < -0.4 is 15.5 Å². The van der Waals surface area contributed by atoms with Gasteiger partial charge in [0, 0.05) is 17.9 Å². The fraction of sp³-hybridized carbons (Fsp3) is 0.500. The van der Waals surface area contributed by atoms with Gasteiger partial charge in [0.15, 0.2) is 0 Å². The highest BCUT2D eigenvalue weighted by atomic mass is 32.2. The predicted molar refractivity (Wildman–Crippen MR) is 118 cm³/mol. The number of carbonyl (C=O) groups is 1. The molecule has 2 aliphatic carbocycles. The normalized spacial score (nSPS) is 26.1. The first-order chi connectivity index (χ1) is 14.3. The summed E-state index contributed by atoms with van der Waals surface area (Å²) in [6, 6.07) is 5.57. The summed E-state index contributed by atoms with van der Waals surface area (Å²) in [6.07, 6.45) is 10.5. The Balaban J connectivity index is 1.53. The molecule has 0 spiro atoms. The number of allylic oxidation sites excluding steroid dienone is 3. The molecule has 3 unspecified atom stereocenters. The van der Waals surface area contributed by atoms with E-state index in [0.717, 1.165) is 6.42 Å². The smallest absolute Gasteiger partial charge is 0.240 e. The van der Waals surface area contributed by atoms with E-state index in [2.05, 4.69) is 10.0 Å². The molecule has 3 N–H and O–H groups in total. The first-order valence-corrected chi connectivity index (χ1v) is 11.9. The fourth-order valence-electron chi connectivity index (χ4n) is 4.14. The maximum Gasteiger partial charge on any atom is 0.240 e. The summed E-state index contributed by atoms with van der Waals surface area (Å²) in [5.41, 5.74) is 0.510. The molecule has 8 heteroatoms. The molecule has 2 aliphatic rings. The molecule has 2 radical (unpaired) electrons. The van der Waals surface area contributed by atoms with Crippen molar-refractivity contribution in [2.45, 2.75) is 62.1 Å². The van der Waals surface area contributed by atoms with Crippen molar-refractivity contribution >= 4 is 29.2 Å². The Bertz CT molecular complexity index is 888. The summed E-state index contributed by atoms with van der Waals surface area (Å²) >= 11 is 0. The Morgan fingerprint density at radius 3 is 2.37 bits per heavy atom. The summed E-state index contributed by atoms with van der Waals surface area (Å²) in [5, 5.41) is 13.2. The van der Waals surface area contributed by atoms with Gasteiger partial charge in [-0.15, -0.1) is 0 Å². The second-order valence-electron chi connectivity index (χ2n) is 8.23. The lowest BCUT2D eigenvalue weighted by atomic mass is 9.84. The lowest BCUT2D eigenvalue weighted by Crippen LogP contribution is -2.49. The molecule has 6 nitrogen and oxygen atoms in total. The summed E-state index contributed by atoms with van der Waals surface area (Å²) in [5.74, 6) is -0.169. The molecule has 1 amide bonds. The van der Waals surface area contributed by atoms with Crippen molar-refractivity contribution in [2.75, 3.05) is 0 Å². The number of hydrogen-bond acceptors (Lipinski definition) is 4. The molecule has 1 fully saturated rings. The van der Waals surface area contributed by atoms with E-state index in [1.165, 1.54) is 12.1 Å². The van der Waals surface area contributed by atoms with Gasteiger partial charge in [-0.2, -0.15) is 0 Å². The average molecular weight is 428 g/mol. The van der Waals surface area contributed by atoms with E-state index < -0.39 is 16.1 Å². The molecule has 0 aliphatic heterocycles. The molecule has 0 aromatic heterocycles. The number of amides is 1. The van der Waals surface area contributed by atoms with Crippen LogP contribution in [0, 0.1) is 11.8 Å². The van der Waals surface area contributed by atoms with Crippen molar-refractivity contribution in [2.24, 2.45) is 11.8 Å². The summed E-state index contributed by atoms with van der Waals surface area (Å²) in [4.78, 5) is 13.0. The van der Waals surface area contributed by atoms with E-state index in [9.17, 15) is 18.3 Å². The van der Waals surface area contributed by atoms with Gasteiger partial charge < -0.3 is 10.4 Å². The van der Waals surface area contributed by atoms with E-state index in [4.69, 9.17) is 7.85 Å². The van der Waals surface area contributed by atoms with Crippen LogP contribution >= 0.6 is 0 Å². The van der Waals surface area contributed by atoms with Crippen LogP contribution in [0.2, 0.25) is 0 Å². The molecular weight excluding hydrogens is 399 g/mol. The Kier molecular flexibility index (Phi) is 7.55. The Morgan fingerprint density at radius 2 is 1.80 bits per heavy atom. The van der Waals surface area contributed by atoms with Gasteiger partial charge in [-0.1, -0.05) is 41.9 Å². The van der Waals surface area contributed by atoms with Crippen molar-refractivity contribution in [1.29, 1.82) is 0 Å². The number of nitrogens with one attached hydrogen (secondary N) is 2. The van der Waals surface area contributed by atoms with Gasteiger partial charge in [0.05, 0.1) is 17.0 Å². The van der Waals surface area contributed by atoms with Gasteiger partial charge in [0.25, 0.3) is 0 Å². The number of rotatable bonds is 7. The number of aliphatic hydroxyl groups excluding tert-OH is 1. The number of sulfonamides is 1.